The Morgan fingerprint density at radius 1 is 1.00 bits per heavy atom. The summed E-state index contributed by atoms with van der Waals surface area (Å²) < 4.78 is 6.12. The molecular formula is C16H11N5O2. The predicted octanol–water partition coefficient (Wildman–Crippen LogP) is 2.36. The number of nitrogens with zero attached hydrogens (tertiary/aromatic N) is 4. The maximum atomic E-state index is 13.0. The lowest BCUT2D eigenvalue weighted by atomic mass is 10.2. The summed E-state index contributed by atoms with van der Waals surface area (Å²) in [5.41, 5.74) is 7.87. The molecule has 23 heavy (non-hydrogen) atoms. The smallest absolute Gasteiger partial charge is 0.264 e. The number of benzene rings is 2. The molecule has 0 spiro atoms. The Morgan fingerprint density at radius 2 is 1.74 bits per heavy atom. The van der Waals surface area contributed by atoms with E-state index in [0.29, 0.717) is 22.4 Å². The summed E-state index contributed by atoms with van der Waals surface area (Å²) in [6.07, 6.45) is 0. The van der Waals surface area contributed by atoms with Crippen molar-refractivity contribution >= 4 is 22.8 Å². The van der Waals surface area contributed by atoms with E-state index in [0.717, 1.165) is 0 Å². The first-order valence-corrected chi connectivity index (χ1v) is 6.91. The van der Waals surface area contributed by atoms with Crippen LogP contribution >= 0.6 is 0 Å². The Labute approximate surface area is 130 Å². The van der Waals surface area contributed by atoms with Gasteiger partial charge >= 0.3 is 0 Å². The largest absolute Gasteiger partial charge is 0.379 e. The minimum Gasteiger partial charge on any atom is -0.379 e. The fraction of sp³-hybridized carbons (Fsp3) is 0. The zero-order valence-corrected chi connectivity index (χ0v) is 11.9. The van der Waals surface area contributed by atoms with Gasteiger partial charge in [0.1, 0.15) is 0 Å². The molecule has 112 valence electrons. The Balaban J connectivity index is 2.01. The van der Waals surface area contributed by atoms with Gasteiger partial charge < -0.3 is 5.73 Å². The molecule has 0 bridgehead atoms. The van der Waals surface area contributed by atoms with Crippen LogP contribution in [0.4, 0.5) is 5.82 Å². The number of nitrogens with two attached hydrogens (primary N) is 1. The fourth-order valence-corrected chi connectivity index (χ4v) is 2.45. The molecule has 0 aliphatic carbocycles. The van der Waals surface area contributed by atoms with Gasteiger partial charge in [0.05, 0.1) is 11.0 Å². The van der Waals surface area contributed by atoms with Crippen molar-refractivity contribution < 1.29 is 9.42 Å². The van der Waals surface area contributed by atoms with Crippen LogP contribution in [0.1, 0.15) is 10.4 Å². The molecule has 0 fully saturated rings. The van der Waals surface area contributed by atoms with Crippen LogP contribution in [-0.4, -0.2) is 25.8 Å². The summed E-state index contributed by atoms with van der Waals surface area (Å²) >= 11 is 0. The van der Waals surface area contributed by atoms with Gasteiger partial charge in [0, 0.05) is 5.56 Å². The molecule has 0 aliphatic rings. The molecule has 0 aliphatic heterocycles. The average molecular weight is 305 g/mol. The van der Waals surface area contributed by atoms with Gasteiger partial charge in [-0.3, -0.25) is 9.36 Å². The third kappa shape index (κ3) is 2.06. The van der Waals surface area contributed by atoms with Crippen LogP contribution in [0.25, 0.3) is 22.6 Å². The molecule has 0 saturated carbocycles. The highest BCUT2D eigenvalue weighted by molar-refractivity contribution is 6.04. The van der Waals surface area contributed by atoms with E-state index in [4.69, 9.17) is 5.73 Å². The zero-order chi connectivity index (χ0) is 15.8. The first-order valence-electron chi connectivity index (χ1n) is 6.91. The molecule has 2 N–H and O–H groups in total. The van der Waals surface area contributed by atoms with Crippen molar-refractivity contribution in [1.29, 1.82) is 0 Å². The van der Waals surface area contributed by atoms with E-state index in [1.807, 2.05) is 30.3 Å². The maximum Gasteiger partial charge on any atom is 0.264 e. The third-order valence-corrected chi connectivity index (χ3v) is 3.51. The molecule has 2 heterocycles. The standard InChI is InChI=1S/C16H11N5O2/c17-14-13(19-23-20-14)15-18-11-8-4-5-9-12(11)21(15)16(22)10-6-2-1-3-7-10/h1-9H,(H2,17,20). The number of anilines is 1. The maximum absolute atomic E-state index is 13.0. The number of rotatable bonds is 2. The minimum absolute atomic E-state index is 0.0856. The number of carbonyl (C=O) groups is 1. The zero-order valence-electron chi connectivity index (χ0n) is 11.9. The number of nitrogen functional groups attached to an aromatic ring is 1. The molecule has 0 radical (unpaired) electrons. The van der Waals surface area contributed by atoms with Gasteiger partial charge in [-0.05, 0) is 34.6 Å². The first-order chi connectivity index (χ1) is 11.3. The van der Waals surface area contributed by atoms with E-state index >= 15 is 0 Å². The van der Waals surface area contributed by atoms with Crippen molar-refractivity contribution in [2.45, 2.75) is 0 Å². The lowest BCUT2D eigenvalue weighted by Gasteiger charge is -2.06. The van der Waals surface area contributed by atoms with Gasteiger partial charge in [0.25, 0.3) is 5.91 Å². The molecule has 2 aromatic carbocycles. The Kier molecular flexibility index (Phi) is 2.90. The summed E-state index contributed by atoms with van der Waals surface area (Å²) in [5.74, 6) is 0.165. The number of para-hydroxylation sites is 2. The van der Waals surface area contributed by atoms with E-state index in [9.17, 15) is 4.79 Å². The normalized spacial score (nSPS) is 11.0. The molecule has 0 atom stereocenters. The monoisotopic (exact) mass is 305 g/mol. The van der Waals surface area contributed by atoms with Crippen molar-refractivity contribution in [3.8, 4) is 11.5 Å². The lowest BCUT2D eigenvalue weighted by Crippen LogP contribution is -2.13. The predicted molar refractivity (Wildman–Crippen MR) is 83.6 cm³/mol. The van der Waals surface area contributed by atoms with Crippen molar-refractivity contribution in [1.82, 2.24) is 19.9 Å². The summed E-state index contributed by atoms with van der Waals surface area (Å²) in [4.78, 5) is 17.4. The number of fused-ring (bicyclic) bond motifs is 1. The highest BCUT2D eigenvalue weighted by atomic mass is 16.6. The number of carbonyl (C=O) groups excluding carboxylic acids is 1. The lowest BCUT2D eigenvalue weighted by molar-refractivity contribution is 0.0966. The van der Waals surface area contributed by atoms with Gasteiger partial charge in [-0.25, -0.2) is 9.61 Å². The van der Waals surface area contributed by atoms with Crippen molar-refractivity contribution in [2.75, 3.05) is 5.73 Å². The van der Waals surface area contributed by atoms with E-state index in [-0.39, 0.29) is 17.4 Å². The molecule has 0 saturated heterocycles. The molecule has 0 unspecified atom stereocenters. The van der Waals surface area contributed by atoms with Crippen LogP contribution in [0, 0.1) is 0 Å². The average Bonchev–Trinajstić information content (AvgIpc) is 3.18. The second-order valence-corrected chi connectivity index (χ2v) is 4.93. The number of hydrogen-bond donors (Lipinski definition) is 1. The number of hydrogen-bond acceptors (Lipinski definition) is 6. The molecule has 0 amide bonds. The Morgan fingerprint density at radius 3 is 2.48 bits per heavy atom. The Bertz CT molecular complexity index is 1000. The summed E-state index contributed by atoms with van der Waals surface area (Å²) in [6.45, 7) is 0. The number of aromatic nitrogens is 4. The number of imidazole rings is 1. The van der Waals surface area contributed by atoms with Crippen molar-refractivity contribution in [3.05, 3.63) is 60.2 Å². The summed E-state index contributed by atoms with van der Waals surface area (Å²) in [5, 5.41) is 7.33. The van der Waals surface area contributed by atoms with Crippen LogP contribution in [0.2, 0.25) is 0 Å². The van der Waals surface area contributed by atoms with Crippen LogP contribution in [0.3, 0.4) is 0 Å². The van der Waals surface area contributed by atoms with Crippen LogP contribution in [0.5, 0.6) is 0 Å². The van der Waals surface area contributed by atoms with Crippen LogP contribution in [-0.2, 0) is 0 Å². The first kappa shape index (κ1) is 13.2. The summed E-state index contributed by atoms with van der Waals surface area (Å²) in [6, 6.07) is 16.3. The van der Waals surface area contributed by atoms with Crippen molar-refractivity contribution in [2.24, 2.45) is 0 Å². The topological polar surface area (TPSA) is 99.8 Å². The van der Waals surface area contributed by atoms with E-state index in [1.165, 1.54) is 4.57 Å². The minimum atomic E-state index is -0.225. The molecule has 4 aromatic rings. The van der Waals surface area contributed by atoms with Gasteiger partial charge in [-0.1, -0.05) is 30.3 Å². The van der Waals surface area contributed by atoms with E-state index in [1.54, 1.807) is 24.3 Å². The van der Waals surface area contributed by atoms with Gasteiger partial charge in [-0.2, -0.15) is 0 Å². The van der Waals surface area contributed by atoms with Crippen LogP contribution < -0.4 is 5.73 Å². The van der Waals surface area contributed by atoms with E-state index in [2.05, 4.69) is 19.9 Å². The third-order valence-electron chi connectivity index (χ3n) is 3.51. The molecule has 7 heteroatoms. The SMILES string of the molecule is Nc1nonc1-c1nc2ccccc2n1C(=O)c1ccccc1. The fourth-order valence-electron chi connectivity index (χ4n) is 2.45. The molecular weight excluding hydrogens is 294 g/mol. The summed E-state index contributed by atoms with van der Waals surface area (Å²) in [7, 11) is 0. The van der Waals surface area contributed by atoms with Gasteiger partial charge in [0.2, 0.25) is 0 Å². The van der Waals surface area contributed by atoms with Gasteiger partial charge in [0.15, 0.2) is 17.3 Å². The molecule has 4 rings (SSSR count). The van der Waals surface area contributed by atoms with Crippen LogP contribution in [0.15, 0.2) is 59.2 Å². The van der Waals surface area contributed by atoms with Gasteiger partial charge in [-0.15, -0.1) is 0 Å². The highest BCUT2D eigenvalue weighted by Gasteiger charge is 2.23. The van der Waals surface area contributed by atoms with Crippen molar-refractivity contribution in [3.63, 3.8) is 0 Å². The Hall–Kier alpha value is -3.48. The second kappa shape index (κ2) is 5.06. The molecule has 7 nitrogen and oxygen atoms in total. The quantitative estimate of drug-likeness (QED) is 0.610. The van der Waals surface area contributed by atoms with E-state index < -0.39 is 0 Å². The highest BCUT2D eigenvalue weighted by Crippen LogP contribution is 2.27. The second-order valence-electron chi connectivity index (χ2n) is 4.93. The molecule has 2 aromatic heterocycles.